The zero-order valence-electron chi connectivity index (χ0n) is 14.8. The van der Waals surface area contributed by atoms with Gasteiger partial charge in [-0.05, 0) is 36.9 Å². The van der Waals surface area contributed by atoms with Crippen molar-refractivity contribution in [2.45, 2.75) is 13.0 Å². The summed E-state index contributed by atoms with van der Waals surface area (Å²) in [6.07, 6.45) is 1.35. The predicted molar refractivity (Wildman–Crippen MR) is 100 cm³/mol. The summed E-state index contributed by atoms with van der Waals surface area (Å²) in [4.78, 5) is 47.8. The summed E-state index contributed by atoms with van der Waals surface area (Å²) in [5, 5.41) is 10.6. The largest absolute Gasteiger partial charge is 0.467 e. The second-order valence-electron chi connectivity index (χ2n) is 5.73. The second kappa shape index (κ2) is 7.69. The van der Waals surface area contributed by atoms with Gasteiger partial charge in [0.2, 0.25) is 0 Å². The highest BCUT2D eigenvalue weighted by molar-refractivity contribution is 8.18. The molecule has 0 radical (unpaired) electrons. The molecule has 0 N–H and O–H groups in total. The minimum absolute atomic E-state index is 0.0733. The van der Waals surface area contributed by atoms with Gasteiger partial charge in [-0.25, -0.2) is 4.79 Å². The van der Waals surface area contributed by atoms with Gasteiger partial charge in [0.1, 0.15) is 17.6 Å². The Kier molecular flexibility index (Phi) is 5.32. The van der Waals surface area contributed by atoms with Crippen LogP contribution in [0.3, 0.4) is 0 Å². The number of carbonyl (C=O) groups is 3. The molecule has 1 atom stereocenters. The van der Waals surface area contributed by atoms with Crippen LogP contribution in [0.2, 0.25) is 0 Å². The number of esters is 1. The number of rotatable bonds is 5. The molecule has 10 heteroatoms. The Balaban J connectivity index is 1.88. The lowest BCUT2D eigenvalue weighted by Gasteiger charge is -2.18. The van der Waals surface area contributed by atoms with Gasteiger partial charge in [0.25, 0.3) is 16.8 Å². The van der Waals surface area contributed by atoms with Crippen LogP contribution in [0.25, 0.3) is 17.4 Å². The summed E-state index contributed by atoms with van der Waals surface area (Å²) in [7, 11) is 1.17. The number of nitrogens with zero attached hydrogens (tertiary/aromatic N) is 2. The Labute approximate surface area is 163 Å². The minimum atomic E-state index is -1.05. The van der Waals surface area contributed by atoms with Gasteiger partial charge in [0, 0.05) is 12.1 Å². The molecule has 0 saturated carbocycles. The van der Waals surface area contributed by atoms with Crippen molar-refractivity contribution >= 4 is 40.6 Å². The topological polar surface area (TPSA) is 120 Å². The summed E-state index contributed by atoms with van der Waals surface area (Å²) in [6.45, 7) is 1.39. The van der Waals surface area contributed by atoms with E-state index in [2.05, 4.69) is 4.74 Å². The fourth-order valence-corrected chi connectivity index (χ4v) is 3.52. The maximum Gasteiger partial charge on any atom is 0.328 e. The zero-order valence-corrected chi connectivity index (χ0v) is 15.6. The van der Waals surface area contributed by atoms with Crippen molar-refractivity contribution in [1.82, 2.24) is 4.90 Å². The fraction of sp³-hybridized carbons (Fsp3) is 0.167. The van der Waals surface area contributed by atoms with Gasteiger partial charge in [-0.1, -0.05) is 12.1 Å². The predicted octanol–water partition coefficient (Wildman–Crippen LogP) is 3.45. The van der Waals surface area contributed by atoms with Crippen LogP contribution >= 0.6 is 11.8 Å². The highest BCUT2D eigenvalue weighted by Gasteiger charge is 2.41. The third kappa shape index (κ3) is 3.54. The van der Waals surface area contributed by atoms with Crippen LogP contribution < -0.4 is 0 Å². The van der Waals surface area contributed by atoms with Crippen molar-refractivity contribution in [3.63, 3.8) is 0 Å². The molecule has 0 bridgehead atoms. The third-order valence-corrected chi connectivity index (χ3v) is 4.90. The first kappa shape index (κ1) is 19.4. The van der Waals surface area contributed by atoms with E-state index in [0.29, 0.717) is 17.3 Å². The summed E-state index contributed by atoms with van der Waals surface area (Å²) < 4.78 is 10.2. The van der Waals surface area contributed by atoms with Gasteiger partial charge in [0.05, 0.1) is 22.5 Å². The summed E-state index contributed by atoms with van der Waals surface area (Å²) in [5.41, 5.74) is 0.176. The van der Waals surface area contributed by atoms with Gasteiger partial charge >= 0.3 is 5.97 Å². The monoisotopic (exact) mass is 402 g/mol. The molecule has 2 aromatic rings. The average molecular weight is 402 g/mol. The highest BCUT2D eigenvalue weighted by Crippen LogP contribution is 2.36. The number of thioether (sulfide) groups is 1. The van der Waals surface area contributed by atoms with E-state index in [1.54, 1.807) is 18.2 Å². The molecule has 0 aliphatic carbocycles. The Morgan fingerprint density at radius 2 is 2.00 bits per heavy atom. The number of hydrogen-bond acceptors (Lipinski definition) is 8. The van der Waals surface area contributed by atoms with Crippen LogP contribution in [0.5, 0.6) is 0 Å². The molecular weight excluding hydrogens is 388 g/mol. The van der Waals surface area contributed by atoms with Gasteiger partial charge in [-0.2, -0.15) is 0 Å². The lowest BCUT2D eigenvalue weighted by molar-refractivity contribution is -0.384. The molecule has 1 aliphatic heterocycles. The molecule has 1 aromatic heterocycles. The molecule has 1 aromatic carbocycles. The first-order valence-electron chi connectivity index (χ1n) is 8.02. The van der Waals surface area contributed by atoms with Crippen LogP contribution in [-0.2, 0) is 14.3 Å². The average Bonchev–Trinajstić information content (AvgIpc) is 3.25. The van der Waals surface area contributed by atoms with Crippen molar-refractivity contribution in [3.8, 4) is 11.3 Å². The van der Waals surface area contributed by atoms with E-state index in [0.717, 1.165) is 4.90 Å². The SMILES string of the molecule is COC(=O)[C@@H](C)N1C(=O)S/C(=C\c2ccc(-c3ccccc3[N+](=O)[O-])o2)C1=O. The standard InChI is InChI=1S/C18H14N2O7S/c1-10(17(22)26-2)19-16(21)15(28-18(19)23)9-11-7-8-14(27-11)12-5-3-4-6-13(12)20(24)25/h3-10H,1-2H3/b15-9-/t10-/m1/s1. The molecule has 2 heterocycles. The molecule has 2 amide bonds. The van der Waals surface area contributed by atoms with E-state index in [9.17, 15) is 24.5 Å². The number of furan rings is 1. The Hall–Kier alpha value is -3.40. The molecular formula is C18H14N2O7S. The number of para-hydroxylation sites is 1. The molecule has 1 aliphatic rings. The highest BCUT2D eigenvalue weighted by atomic mass is 32.2. The first-order chi connectivity index (χ1) is 13.3. The zero-order chi connectivity index (χ0) is 20.4. The summed E-state index contributed by atoms with van der Waals surface area (Å²) in [6, 6.07) is 8.11. The van der Waals surface area contributed by atoms with Crippen molar-refractivity contribution in [2.24, 2.45) is 0 Å². The Morgan fingerprint density at radius 1 is 1.29 bits per heavy atom. The molecule has 0 unspecified atom stereocenters. The molecule has 0 spiro atoms. The maximum absolute atomic E-state index is 12.5. The first-order valence-corrected chi connectivity index (χ1v) is 8.83. The number of ether oxygens (including phenoxy) is 1. The number of hydrogen-bond donors (Lipinski definition) is 0. The van der Waals surface area contributed by atoms with Crippen LogP contribution in [0.1, 0.15) is 12.7 Å². The van der Waals surface area contributed by atoms with E-state index in [4.69, 9.17) is 4.42 Å². The number of imide groups is 1. The van der Waals surface area contributed by atoms with Gasteiger partial charge < -0.3 is 9.15 Å². The molecule has 144 valence electrons. The second-order valence-corrected chi connectivity index (χ2v) is 6.72. The maximum atomic E-state index is 12.5. The Morgan fingerprint density at radius 3 is 2.68 bits per heavy atom. The van der Waals surface area contributed by atoms with Crippen LogP contribution in [0.4, 0.5) is 10.5 Å². The van der Waals surface area contributed by atoms with Gasteiger partial charge in [0.15, 0.2) is 0 Å². The molecule has 1 fully saturated rings. The Bertz CT molecular complexity index is 1010. The van der Waals surface area contributed by atoms with E-state index in [-0.39, 0.29) is 22.1 Å². The van der Waals surface area contributed by atoms with E-state index in [1.807, 2.05) is 0 Å². The fourth-order valence-electron chi connectivity index (χ4n) is 2.64. The van der Waals surface area contributed by atoms with E-state index < -0.39 is 28.1 Å². The third-order valence-electron chi connectivity index (χ3n) is 4.02. The number of benzene rings is 1. The molecule has 28 heavy (non-hydrogen) atoms. The van der Waals surface area contributed by atoms with Crippen molar-refractivity contribution in [2.75, 3.05) is 7.11 Å². The smallest absolute Gasteiger partial charge is 0.328 e. The minimum Gasteiger partial charge on any atom is -0.467 e. The summed E-state index contributed by atoms with van der Waals surface area (Å²) in [5.74, 6) is -0.859. The number of nitro benzene ring substituents is 1. The summed E-state index contributed by atoms with van der Waals surface area (Å²) >= 11 is 0.669. The molecule has 1 saturated heterocycles. The van der Waals surface area contributed by atoms with Crippen LogP contribution in [0, 0.1) is 10.1 Å². The lowest BCUT2D eigenvalue weighted by Crippen LogP contribution is -2.42. The number of nitro groups is 1. The quantitative estimate of drug-likeness (QED) is 0.323. The van der Waals surface area contributed by atoms with Crippen molar-refractivity contribution in [1.29, 1.82) is 0 Å². The molecule has 3 rings (SSSR count). The normalized spacial score (nSPS) is 16.5. The number of methoxy groups -OCH3 is 1. The number of carbonyl (C=O) groups excluding carboxylic acids is 3. The van der Waals surface area contributed by atoms with Crippen molar-refractivity contribution < 1.29 is 28.5 Å². The number of amides is 2. The van der Waals surface area contributed by atoms with E-state index >= 15 is 0 Å². The van der Waals surface area contributed by atoms with Crippen LogP contribution in [0.15, 0.2) is 45.7 Å². The van der Waals surface area contributed by atoms with Gasteiger partial charge in [-0.3, -0.25) is 24.6 Å². The van der Waals surface area contributed by atoms with E-state index in [1.165, 1.54) is 38.3 Å². The van der Waals surface area contributed by atoms with Crippen LogP contribution in [-0.4, -0.2) is 40.1 Å². The van der Waals surface area contributed by atoms with Gasteiger partial charge in [-0.15, -0.1) is 0 Å². The van der Waals surface area contributed by atoms with Crippen molar-refractivity contribution in [3.05, 3.63) is 57.2 Å². The lowest BCUT2D eigenvalue weighted by atomic mass is 10.1. The molecule has 9 nitrogen and oxygen atoms in total.